The molecular weight excluding hydrogens is 266 g/mol. The predicted molar refractivity (Wildman–Crippen MR) is 70.2 cm³/mol. The molecule has 0 amide bonds. The number of imidazole rings is 1. The van der Waals surface area contributed by atoms with Crippen LogP contribution in [0.15, 0.2) is 41.6 Å². The highest BCUT2D eigenvalue weighted by atomic mass is 32.2. The zero-order valence-corrected chi connectivity index (χ0v) is 11.3. The molecule has 2 N–H and O–H groups in total. The van der Waals surface area contributed by atoms with Crippen LogP contribution in [0.4, 0.5) is 0 Å². The van der Waals surface area contributed by atoms with Gasteiger partial charge in [0.1, 0.15) is 16.5 Å². The molecule has 1 aromatic carbocycles. The van der Waals surface area contributed by atoms with Gasteiger partial charge >= 0.3 is 0 Å². The molecule has 2 aromatic rings. The van der Waals surface area contributed by atoms with Gasteiger partial charge in [0.25, 0.3) is 0 Å². The number of sulfonamides is 1. The fraction of sp³-hybridized carbons (Fsp3) is 0.250. The van der Waals surface area contributed by atoms with E-state index >= 15 is 0 Å². The summed E-state index contributed by atoms with van der Waals surface area (Å²) in [4.78, 5) is 3.99. The maximum atomic E-state index is 12.0. The van der Waals surface area contributed by atoms with Crippen LogP contribution in [0.2, 0.25) is 0 Å². The minimum absolute atomic E-state index is 0.116. The molecule has 0 bridgehead atoms. The Labute approximate surface area is 111 Å². The molecule has 1 heterocycles. The van der Waals surface area contributed by atoms with E-state index in [0.717, 1.165) is 5.82 Å². The predicted octanol–water partition coefficient (Wildman–Crippen LogP) is 0.647. The third kappa shape index (κ3) is 3.12. The van der Waals surface area contributed by atoms with Gasteiger partial charge in [0.15, 0.2) is 0 Å². The van der Waals surface area contributed by atoms with Gasteiger partial charge in [0, 0.05) is 32.4 Å². The maximum absolute atomic E-state index is 12.0. The number of phenolic OH excluding ortho intramolecular Hbond substituents is 1. The van der Waals surface area contributed by atoms with Crippen LogP contribution in [0.3, 0.4) is 0 Å². The van der Waals surface area contributed by atoms with Crippen LogP contribution >= 0.6 is 0 Å². The van der Waals surface area contributed by atoms with Crippen molar-refractivity contribution in [2.24, 2.45) is 7.05 Å². The summed E-state index contributed by atoms with van der Waals surface area (Å²) in [5, 5.41) is 9.54. The van der Waals surface area contributed by atoms with Crippen LogP contribution in [0, 0.1) is 0 Å². The molecule has 0 saturated heterocycles. The Kier molecular flexibility index (Phi) is 3.87. The van der Waals surface area contributed by atoms with Crippen molar-refractivity contribution in [3.8, 4) is 5.75 Å². The molecule has 0 radical (unpaired) electrons. The van der Waals surface area contributed by atoms with Crippen molar-refractivity contribution in [1.29, 1.82) is 0 Å². The Balaban J connectivity index is 2.03. The number of phenols is 1. The van der Waals surface area contributed by atoms with E-state index in [0.29, 0.717) is 6.42 Å². The lowest BCUT2D eigenvalue weighted by Crippen LogP contribution is -2.26. The Morgan fingerprint density at radius 2 is 2.11 bits per heavy atom. The zero-order chi connectivity index (χ0) is 13.9. The van der Waals surface area contributed by atoms with Gasteiger partial charge in [-0.05, 0) is 12.1 Å². The number of nitrogens with one attached hydrogen (secondary N) is 1. The lowest BCUT2D eigenvalue weighted by molar-refractivity contribution is 0.458. The lowest BCUT2D eigenvalue weighted by Gasteiger charge is -2.08. The summed E-state index contributed by atoms with van der Waals surface area (Å²) >= 11 is 0. The van der Waals surface area contributed by atoms with Crippen LogP contribution in [0.5, 0.6) is 5.75 Å². The van der Waals surface area contributed by atoms with E-state index in [9.17, 15) is 13.5 Å². The smallest absolute Gasteiger partial charge is 0.244 e. The largest absolute Gasteiger partial charge is 0.507 e. The van der Waals surface area contributed by atoms with Crippen molar-refractivity contribution in [3.05, 3.63) is 42.5 Å². The molecule has 1 aromatic heterocycles. The van der Waals surface area contributed by atoms with Gasteiger partial charge in [0.05, 0.1) is 0 Å². The van der Waals surface area contributed by atoms with Crippen molar-refractivity contribution in [2.45, 2.75) is 11.3 Å². The minimum atomic E-state index is -3.69. The Morgan fingerprint density at radius 3 is 2.74 bits per heavy atom. The van der Waals surface area contributed by atoms with Gasteiger partial charge in [-0.3, -0.25) is 0 Å². The summed E-state index contributed by atoms with van der Waals surface area (Å²) in [5.74, 6) is 0.534. The topological polar surface area (TPSA) is 84.2 Å². The highest BCUT2D eigenvalue weighted by molar-refractivity contribution is 7.89. The van der Waals surface area contributed by atoms with E-state index < -0.39 is 10.0 Å². The maximum Gasteiger partial charge on any atom is 0.244 e. The highest BCUT2D eigenvalue weighted by Gasteiger charge is 2.17. The summed E-state index contributed by atoms with van der Waals surface area (Å²) in [6, 6.07) is 5.83. The van der Waals surface area contributed by atoms with Crippen molar-refractivity contribution in [2.75, 3.05) is 6.54 Å². The van der Waals surface area contributed by atoms with Gasteiger partial charge in [0.2, 0.25) is 10.0 Å². The van der Waals surface area contributed by atoms with Gasteiger partial charge in [-0.15, -0.1) is 0 Å². The average Bonchev–Trinajstić information content (AvgIpc) is 2.75. The molecule has 0 aliphatic carbocycles. The summed E-state index contributed by atoms with van der Waals surface area (Å²) in [6.45, 7) is 0.224. The first-order valence-corrected chi connectivity index (χ1v) is 7.23. The number of aromatic hydroxyl groups is 1. The molecule has 0 saturated carbocycles. The molecule has 0 atom stereocenters. The van der Waals surface area contributed by atoms with Gasteiger partial charge in [-0.1, -0.05) is 12.1 Å². The first-order valence-electron chi connectivity index (χ1n) is 5.74. The third-order valence-corrected chi connectivity index (χ3v) is 4.22. The number of nitrogens with zero attached hydrogens (tertiary/aromatic N) is 2. The summed E-state index contributed by atoms with van der Waals surface area (Å²) < 4.78 is 28.2. The van der Waals surface area contributed by atoms with Gasteiger partial charge in [-0.2, -0.15) is 0 Å². The number of aryl methyl sites for hydroxylation is 1. The zero-order valence-electron chi connectivity index (χ0n) is 10.4. The number of benzene rings is 1. The first-order chi connectivity index (χ1) is 9.00. The SMILES string of the molecule is Cn1ccnc1CCNS(=O)(=O)c1ccccc1O. The molecule has 19 heavy (non-hydrogen) atoms. The fourth-order valence-electron chi connectivity index (χ4n) is 1.70. The summed E-state index contributed by atoms with van der Waals surface area (Å²) in [7, 11) is -1.85. The molecular formula is C12H15N3O3S. The van der Waals surface area contributed by atoms with Crippen LogP contribution in [0.25, 0.3) is 0 Å². The highest BCUT2D eigenvalue weighted by Crippen LogP contribution is 2.20. The first kappa shape index (κ1) is 13.6. The number of rotatable bonds is 5. The van der Waals surface area contributed by atoms with Crippen LogP contribution in [-0.2, 0) is 23.5 Å². The van der Waals surface area contributed by atoms with Crippen molar-refractivity contribution in [1.82, 2.24) is 14.3 Å². The van der Waals surface area contributed by atoms with Gasteiger partial charge < -0.3 is 9.67 Å². The second kappa shape index (κ2) is 5.41. The van der Waals surface area contributed by atoms with Crippen LogP contribution in [-0.4, -0.2) is 29.6 Å². The second-order valence-corrected chi connectivity index (χ2v) is 5.81. The van der Waals surface area contributed by atoms with Crippen molar-refractivity contribution >= 4 is 10.0 Å². The van der Waals surface area contributed by atoms with Crippen LogP contribution < -0.4 is 4.72 Å². The molecule has 0 fully saturated rings. The molecule has 0 spiro atoms. The second-order valence-electron chi connectivity index (χ2n) is 4.07. The summed E-state index contributed by atoms with van der Waals surface area (Å²) in [5.41, 5.74) is 0. The Hall–Kier alpha value is -1.86. The standard InChI is InChI=1S/C12H15N3O3S/c1-15-9-8-13-12(15)6-7-14-19(17,18)11-5-3-2-4-10(11)16/h2-5,8-9,14,16H,6-7H2,1H3. The quantitative estimate of drug-likeness (QED) is 0.842. The molecule has 0 aliphatic heterocycles. The molecule has 2 rings (SSSR count). The molecule has 0 unspecified atom stereocenters. The van der Waals surface area contributed by atoms with Crippen LogP contribution in [0.1, 0.15) is 5.82 Å². The minimum Gasteiger partial charge on any atom is -0.507 e. The van der Waals surface area contributed by atoms with Gasteiger partial charge in [-0.25, -0.2) is 18.1 Å². The number of hydrogen-bond acceptors (Lipinski definition) is 4. The van der Waals surface area contributed by atoms with E-state index in [1.165, 1.54) is 12.1 Å². The number of para-hydroxylation sites is 1. The summed E-state index contributed by atoms with van der Waals surface area (Å²) in [6.07, 6.45) is 3.94. The lowest BCUT2D eigenvalue weighted by atomic mass is 10.3. The molecule has 0 aliphatic rings. The average molecular weight is 281 g/mol. The molecule has 102 valence electrons. The Bertz CT molecular complexity index is 664. The fourth-order valence-corrected chi connectivity index (χ4v) is 2.82. The van der Waals surface area contributed by atoms with E-state index in [2.05, 4.69) is 9.71 Å². The Morgan fingerprint density at radius 1 is 1.37 bits per heavy atom. The molecule has 6 nitrogen and oxygen atoms in total. The van der Waals surface area contributed by atoms with E-state index in [1.54, 1.807) is 24.5 Å². The normalized spacial score (nSPS) is 11.6. The number of aromatic nitrogens is 2. The van der Waals surface area contributed by atoms with Crippen molar-refractivity contribution in [3.63, 3.8) is 0 Å². The van der Waals surface area contributed by atoms with Crippen molar-refractivity contribution < 1.29 is 13.5 Å². The van der Waals surface area contributed by atoms with E-state index in [4.69, 9.17) is 0 Å². The third-order valence-electron chi connectivity index (χ3n) is 2.72. The molecule has 7 heteroatoms. The van der Waals surface area contributed by atoms with E-state index in [-0.39, 0.29) is 17.2 Å². The number of hydrogen-bond donors (Lipinski definition) is 2. The monoisotopic (exact) mass is 281 g/mol. The van der Waals surface area contributed by atoms with E-state index in [1.807, 2.05) is 11.6 Å².